The lowest BCUT2D eigenvalue weighted by Gasteiger charge is -2.45. The van der Waals surface area contributed by atoms with Crippen molar-refractivity contribution in [2.45, 2.75) is 61.4 Å². The molecular weight excluding hydrogens is 332 g/mol. The summed E-state index contributed by atoms with van der Waals surface area (Å²) < 4.78 is 16.2. The molecule has 0 radical (unpaired) electrons. The number of aliphatic hydroxyl groups is 6. The van der Waals surface area contributed by atoms with E-state index in [1.165, 1.54) is 0 Å². The Morgan fingerprint density at radius 3 is 2.04 bits per heavy atom. The van der Waals surface area contributed by atoms with E-state index < -0.39 is 73.6 Å². The van der Waals surface area contributed by atoms with E-state index in [1.54, 1.807) is 6.92 Å². The van der Waals surface area contributed by atoms with Crippen LogP contribution in [0.1, 0.15) is 6.92 Å². The Hall–Kier alpha value is -0.0100. The van der Waals surface area contributed by atoms with Crippen LogP contribution in [0.5, 0.6) is 0 Å². The Kier molecular flexibility index (Phi) is 6.65. The SMILES string of the molecule is C[C@@H]1C(S)OC(CO)[C@@H](OC2OC(CO)[C@H](O)C(O)[C@@H]2O)[C@@H]1O. The molecule has 2 rings (SSSR count). The zero-order valence-corrected chi connectivity index (χ0v) is 13.4. The van der Waals surface area contributed by atoms with Gasteiger partial charge in [0.2, 0.25) is 0 Å². The minimum absolute atomic E-state index is 0.420. The molecule has 0 saturated carbocycles. The van der Waals surface area contributed by atoms with Gasteiger partial charge in [0.05, 0.1) is 19.3 Å². The molecule has 23 heavy (non-hydrogen) atoms. The van der Waals surface area contributed by atoms with Crippen molar-refractivity contribution in [2.24, 2.45) is 5.92 Å². The molecule has 0 aliphatic carbocycles. The number of hydrogen-bond acceptors (Lipinski definition) is 10. The van der Waals surface area contributed by atoms with Gasteiger partial charge < -0.3 is 44.8 Å². The van der Waals surface area contributed by atoms with Crippen molar-refractivity contribution in [1.29, 1.82) is 0 Å². The third-order valence-corrected chi connectivity index (χ3v) is 4.92. The molecule has 0 aromatic heterocycles. The first kappa shape index (κ1) is 19.3. The molecule has 2 saturated heterocycles. The second-order valence-electron chi connectivity index (χ2n) is 5.90. The van der Waals surface area contributed by atoms with Gasteiger partial charge in [-0.2, -0.15) is 0 Å². The van der Waals surface area contributed by atoms with Gasteiger partial charge in [0, 0.05) is 5.92 Å². The number of hydrogen-bond donors (Lipinski definition) is 7. The first-order chi connectivity index (χ1) is 10.8. The molecule has 0 spiro atoms. The lowest BCUT2D eigenvalue weighted by molar-refractivity contribution is -0.335. The van der Waals surface area contributed by atoms with Crippen LogP contribution in [-0.4, -0.2) is 98.3 Å². The molecule has 2 aliphatic heterocycles. The summed E-state index contributed by atoms with van der Waals surface area (Å²) in [6.07, 6.45) is -10.2. The predicted octanol–water partition coefficient (Wildman–Crippen LogP) is -3.18. The van der Waals surface area contributed by atoms with Gasteiger partial charge in [-0.15, -0.1) is 12.6 Å². The Labute approximate surface area is 138 Å². The Bertz CT molecular complexity index is 382. The molecule has 2 fully saturated rings. The summed E-state index contributed by atoms with van der Waals surface area (Å²) in [6, 6.07) is 0. The maximum absolute atomic E-state index is 10.3. The minimum Gasteiger partial charge on any atom is -0.394 e. The third kappa shape index (κ3) is 3.82. The lowest BCUT2D eigenvalue weighted by Crippen LogP contribution is -2.62. The largest absolute Gasteiger partial charge is 0.394 e. The van der Waals surface area contributed by atoms with Crippen LogP contribution in [0.25, 0.3) is 0 Å². The summed E-state index contributed by atoms with van der Waals surface area (Å²) in [7, 11) is 0. The summed E-state index contributed by atoms with van der Waals surface area (Å²) in [4.78, 5) is 0. The highest BCUT2D eigenvalue weighted by molar-refractivity contribution is 7.80. The maximum Gasteiger partial charge on any atom is 0.187 e. The highest BCUT2D eigenvalue weighted by Gasteiger charge is 2.49. The molecule has 10 atom stereocenters. The zero-order chi connectivity index (χ0) is 17.3. The average Bonchev–Trinajstić information content (AvgIpc) is 2.55. The first-order valence-electron chi connectivity index (χ1n) is 7.40. The molecule has 136 valence electrons. The van der Waals surface area contributed by atoms with Crippen LogP contribution in [-0.2, 0) is 14.2 Å². The van der Waals surface area contributed by atoms with Crippen molar-refractivity contribution in [2.75, 3.05) is 13.2 Å². The molecule has 5 unspecified atom stereocenters. The van der Waals surface area contributed by atoms with Gasteiger partial charge in [-0.05, 0) is 0 Å². The van der Waals surface area contributed by atoms with Gasteiger partial charge in [0.1, 0.15) is 42.1 Å². The van der Waals surface area contributed by atoms with E-state index in [1.807, 2.05) is 0 Å². The van der Waals surface area contributed by atoms with Gasteiger partial charge in [0.15, 0.2) is 6.29 Å². The molecule has 2 heterocycles. The summed E-state index contributed by atoms with van der Waals surface area (Å²) in [5.41, 5.74) is -0.600. The van der Waals surface area contributed by atoms with E-state index in [0.717, 1.165) is 0 Å². The molecule has 2 aliphatic rings. The standard InChI is InChI=1S/C13H24O9S/c1-4-7(16)11(6(3-15)21-13(4)23)22-12-10(19)9(18)8(17)5(2-14)20-12/h4-19,23H,2-3H2,1H3/t4-,5?,6?,7+,8-,9?,10-,11+,12?,13?/m0/s1. The fourth-order valence-electron chi connectivity index (χ4n) is 2.72. The van der Waals surface area contributed by atoms with Crippen LogP contribution in [0.15, 0.2) is 0 Å². The van der Waals surface area contributed by atoms with Gasteiger partial charge in [-0.1, -0.05) is 6.92 Å². The smallest absolute Gasteiger partial charge is 0.187 e. The monoisotopic (exact) mass is 356 g/mol. The predicted molar refractivity (Wildman–Crippen MR) is 78.5 cm³/mol. The van der Waals surface area contributed by atoms with Crippen molar-refractivity contribution in [3.63, 3.8) is 0 Å². The lowest BCUT2D eigenvalue weighted by atomic mass is 9.93. The van der Waals surface area contributed by atoms with E-state index in [0.29, 0.717) is 0 Å². The van der Waals surface area contributed by atoms with E-state index in [4.69, 9.17) is 19.3 Å². The molecule has 0 bridgehead atoms. The topological polar surface area (TPSA) is 149 Å². The fraction of sp³-hybridized carbons (Fsp3) is 1.00. The normalized spacial score (nSPS) is 51.7. The second kappa shape index (κ2) is 7.91. The summed E-state index contributed by atoms with van der Waals surface area (Å²) in [6.45, 7) is 0.634. The molecule has 0 amide bonds. The van der Waals surface area contributed by atoms with Crippen LogP contribution in [0, 0.1) is 5.92 Å². The summed E-state index contributed by atoms with van der Waals surface area (Å²) in [5, 5.41) is 58.3. The van der Waals surface area contributed by atoms with Gasteiger partial charge in [-0.3, -0.25) is 0 Å². The van der Waals surface area contributed by atoms with Crippen molar-refractivity contribution in [1.82, 2.24) is 0 Å². The molecular formula is C13H24O9S. The van der Waals surface area contributed by atoms with Crippen LogP contribution < -0.4 is 0 Å². The maximum atomic E-state index is 10.3. The first-order valence-corrected chi connectivity index (χ1v) is 7.91. The Balaban J connectivity index is 2.11. The molecule has 0 aromatic rings. The van der Waals surface area contributed by atoms with Crippen LogP contribution in [0.3, 0.4) is 0 Å². The highest BCUT2D eigenvalue weighted by Crippen LogP contribution is 2.32. The van der Waals surface area contributed by atoms with E-state index in [9.17, 15) is 25.5 Å². The fourth-order valence-corrected chi connectivity index (χ4v) is 3.05. The van der Waals surface area contributed by atoms with Crippen LogP contribution in [0.4, 0.5) is 0 Å². The zero-order valence-electron chi connectivity index (χ0n) is 12.5. The number of ether oxygens (including phenoxy) is 3. The number of rotatable bonds is 4. The second-order valence-corrected chi connectivity index (χ2v) is 6.40. The Morgan fingerprint density at radius 2 is 1.48 bits per heavy atom. The van der Waals surface area contributed by atoms with E-state index >= 15 is 0 Å². The Morgan fingerprint density at radius 1 is 0.870 bits per heavy atom. The van der Waals surface area contributed by atoms with Crippen molar-refractivity contribution in [3.05, 3.63) is 0 Å². The summed E-state index contributed by atoms with van der Waals surface area (Å²) in [5.74, 6) is -0.420. The number of aliphatic hydroxyl groups excluding tert-OH is 6. The van der Waals surface area contributed by atoms with Gasteiger partial charge in [0.25, 0.3) is 0 Å². The summed E-state index contributed by atoms with van der Waals surface area (Å²) >= 11 is 4.17. The quantitative estimate of drug-likeness (QED) is 0.259. The van der Waals surface area contributed by atoms with E-state index in [2.05, 4.69) is 12.6 Å². The average molecular weight is 356 g/mol. The van der Waals surface area contributed by atoms with Gasteiger partial charge in [-0.25, -0.2) is 0 Å². The number of thiol groups is 1. The van der Waals surface area contributed by atoms with Crippen molar-refractivity contribution >= 4 is 12.6 Å². The van der Waals surface area contributed by atoms with Crippen LogP contribution >= 0.6 is 12.6 Å². The minimum atomic E-state index is -1.59. The van der Waals surface area contributed by atoms with Crippen LogP contribution in [0.2, 0.25) is 0 Å². The molecule has 6 N–H and O–H groups in total. The third-order valence-electron chi connectivity index (χ3n) is 4.33. The molecule has 0 aromatic carbocycles. The van der Waals surface area contributed by atoms with Crippen molar-refractivity contribution < 1.29 is 44.8 Å². The molecule has 10 heteroatoms. The van der Waals surface area contributed by atoms with Crippen molar-refractivity contribution in [3.8, 4) is 0 Å². The van der Waals surface area contributed by atoms with Gasteiger partial charge >= 0.3 is 0 Å². The van der Waals surface area contributed by atoms with E-state index in [-0.39, 0.29) is 0 Å². The highest BCUT2D eigenvalue weighted by atomic mass is 32.1. The molecule has 9 nitrogen and oxygen atoms in total.